The molecule has 4 aromatic rings. The predicted molar refractivity (Wildman–Crippen MR) is 121 cm³/mol. The molecule has 6 rings (SSSR count). The molecular weight excluding hydrogens is 438 g/mol. The molecule has 0 spiro atoms. The van der Waals surface area contributed by atoms with E-state index >= 15 is 0 Å². The first kappa shape index (κ1) is 19.0. The van der Waals surface area contributed by atoms with Gasteiger partial charge in [-0.1, -0.05) is 0 Å². The van der Waals surface area contributed by atoms with Crippen LogP contribution in [-0.2, 0) is 4.74 Å². The molecule has 7 nitrogen and oxygen atoms in total. The number of aryl methyl sites for hydroxylation is 2. The quantitative estimate of drug-likeness (QED) is 0.416. The summed E-state index contributed by atoms with van der Waals surface area (Å²) in [6.45, 7) is 1.67. The summed E-state index contributed by atoms with van der Waals surface area (Å²) in [5.74, 6) is -1.57. The van der Waals surface area contributed by atoms with E-state index in [2.05, 4.69) is 25.0 Å². The molecule has 34 heavy (non-hydrogen) atoms. The minimum atomic E-state index is -1.93. The molecule has 174 valence electrons. The van der Waals surface area contributed by atoms with Gasteiger partial charge in [0.2, 0.25) is 0 Å². The Bertz CT molecular complexity index is 1490. The van der Waals surface area contributed by atoms with Crippen molar-refractivity contribution in [2.45, 2.75) is 57.6 Å². The second kappa shape index (κ2) is 8.16. The molecule has 1 aromatic carbocycles. The summed E-state index contributed by atoms with van der Waals surface area (Å²) in [6.07, 6.45) is 5.72. The van der Waals surface area contributed by atoms with E-state index in [4.69, 9.17) is 7.48 Å². The maximum atomic E-state index is 14.9. The van der Waals surface area contributed by atoms with Gasteiger partial charge in [0.1, 0.15) is 28.7 Å². The lowest BCUT2D eigenvalue weighted by atomic mass is 9.92. The molecule has 1 saturated heterocycles. The number of nitrogens with zero attached hydrogens (tertiary/aromatic N) is 6. The van der Waals surface area contributed by atoms with Gasteiger partial charge in [-0.05, 0) is 51.7 Å². The third-order valence-corrected chi connectivity index (χ3v) is 6.48. The summed E-state index contributed by atoms with van der Waals surface area (Å²) in [4.78, 5) is 18.4. The minimum absolute atomic E-state index is 0.0232. The third kappa shape index (κ3) is 3.83. The number of hydrogen-bond acceptors (Lipinski definition) is 6. The lowest BCUT2D eigenvalue weighted by molar-refractivity contribution is 0.00396. The van der Waals surface area contributed by atoms with Crippen LogP contribution >= 0.6 is 0 Å². The Morgan fingerprint density at radius 3 is 2.68 bits per heavy atom. The molecule has 3 aromatic heterocycles. The monoisotopic (exact) mass is 464 g/mol. The number of rotatable bonds is 4. The van der Waals surface area contributed by atoms with Crippen LogP contribution in [0.25, 0.3) is 22.4 Å². The molecule has 0 radical (unpaired) electrons. The van der Waals surface area contributed by atoms with Gasteiger partial charge in [-0.3, -0.25) is 4.68 Å². The number of ether oxygens (including phenoxy) is 1. The molecule has 1 aliphatic carbocycles. The van der Waals surface area contributed by atoms with E-state index < -0.39 is 30.2 Å². The van der Waals surface area contributed by atoms with Crippen LogP contribution in [0, 0.1) is 25.5 Å². The van der Waals surface area contributed by atoms with Crippen molar-refractivity contribution in [3.63, 3.8) is 0 Å². The highest BCUT2D eigenvalue weighted by atomic mass is 19.1. The van der Waals surface area contributed by atoms with Gasteiger partial charge in [-0.2, -0.15) is 5.10 Å². The molecular formula is C25H24F2N6O. The molecule has 2 aliphatic rings. The van der Waals surface area contributed by atoms with E-state index in [-0.39, 0.29) is 23.3 Å². The van der Waals surface area contributed by atoms with Crippen molar-refractivity contribution in [3.8, 4) is 11.3 Å². The van der Waals surface area contributed by atoms with Crippen LogP contribution in [0.15, 0.2) is 30.6 Å². The molecule has 9 heteroatoms. The van der Waals surface area contributed by atoms with Crippen molar-refractivity contribution >= 4 is 11.2 Å². The molecule has 0 amide bonds. The SMILES string of the molecule is [2H]C1([2H])C[C@@H](c2nc(-c3ccc(F)cc3F)c3nc(C)c(C)nc3n2)C[C@H](c2cnn(C3CC3)c2)O1. The Morgan fingerprint density at radius 1 is 1.06 bits per heavy atom. The Labute approximate surface area is 198 Å². The van der Waals surface area contributed by atoms with Gasteiger partial charge in [0.15, 0.2) is 5.65 Å². The fourth-order valence-electron chi connectivity index (χ4n) is 4.28. The van der Waals surface area contributed by atoms with Crippen molar-refractivity contribution < 1.29 is 16.3 Å². The van der Waals surface area contributed by atoms with Crippen LogP contribution < -0.4 is 0 Å². The zero-order valence-corrected chi connectivity index (χ0v) is 18.8. The zero-order valence-electron chi connectivity index (χ0n) is 20.8. The number of benzene rings is 1. The van der Waals surface area contributed by atoms with E-state index in [0.29, 0.717) is 35.2 Å². The second-order valence-corrected chi connectivity index (χ2v) is 8.99. The van der Waals surface area contributed by atoms with Crippen molar-refractivity contribution in [2.24, 2.45) is 0 Å². The molecule has 0 N–H and O–H groups in total. The molecule has 4 heterocycles. The lowest BCUT2D eigenvalue weighted by Crippen LogP contribution is -2.20. The summed E-state index contributed by atoms with van der Waals surface area (Å²) in [5, 5.41) is 4.42. The molecule has 1 aliphatic heterocycles. The predicted octanol–water partition coefficient (Wildman–Crippen LogP) is 5.15. The van der Waals surface area contributed by atoms with Crippen molar-refractivity contribution in [3.05, 3.63) is 65.0 Å². The van der Waals surface area contributed by atoms with Gasteiger partial charge < -0.3 is 4.74 Å². The first-order valence-electron chi connectivity index (χ1n) is 12.4. The number of aromatic nitrogens is 6. The summed E-state index contributed by atoms with van der Waals surface area (Å²) in [5.41, 5.74) is 3.00. The molecule has 0 unspecified atom stereocenters. The fraction of sp³-hybridized carbons (Fsp3) is 0.400. The standard InChI is InChI=1S/C25H24F2N6O/c1-13-14(2)30-25-23(29-13)22(19-6-3-17(26)10-20(19)27)31-24(32-25)15-7-8-34-21(9-15)16-11-28-33(12-16)18-4-5-18/h3,6,10-12,15,18,21H,4-5,7-9H2,1-2H3/t15-,21-/m1/s1/i8D2. The van der Waals surface area contributed by atoms with Gasteiger partial charge in [-0.25, -0.2) is 28.7 Å². The molecule has 1 saturated carbocycles. The smallest absolute Gasteiger partial charge is 0.182 e. The molecule has 0 bridgehead atoms. The summed E-state index contributed by atoms with van der Waals surface area (Å²) >= 11 is 0. The van der Waals surface area contributed by atoms with Crippen LogP contribution in [0.5, 0.6) is 0 Å². The van der Waals surface area contributed by atoms with Crippen LogP contribution in [0.1, 0.15) is 69.3 Å². The minimum Gasteiger partial charge on any atom is -0.373 e. The van der Waals surface area contributed by atoms with E-state index in [1.165, 1.54) is 12.1 Å². The van der Waals surface area contributed by atoms with Crippen LogP contribution in [0.2, 0.25) is 0 Å². The fourth-order valence-corrected chi connectivity index (χ4v) is 4.28. The largest absolute Gasteiger partial charge is 0.373 e. The van der Waals surface area contributed by atoms with Gasteiger partial charge in [0.25, 0.3) is 0 Å². The Balaban J connectivity index is 1.45. The highest BCUT2D eigenvalue weighted by Crippen LogP contribution is 2.40. The summed E-state index contributed by atoms with van der Waals surface area (Å²) in [6, 6.07) is 3.70. The normalized spacial score (nSPS) is 23.1. The van der Waals surface area contributed by atoms with Crippen molar-refractivity contribution in [2.75, 3.05) is 6.56 Å². The lowest BCUT2D eigenvalue weighted by Gasteiger charge is -2.28. The van der Waals surface area contributed by atoms with Crippen molar-refractivity contribution in [1.29, 1.82) is 0 Å². The molecule has 2 fully saturated rings. The zero-order chi connectivity index (χ0) is 25.2. The average molecular weight is 465 g/mol. The number of hydrogen-bond donors (Lipinski definition) is 0. The second-order valence-electron chi connectivity index (χ2n) is 8.99. The number of fused-ring (bicyclic) bond motifs is 1. The third-order valence-electron chi connectivity index (χ3n) is 6.48. The highest BCUT2D eigenvalue weighted by Gasteiger charge is 2.31. The first-order chi connectivity index (χ1) is 17.2. The van der Waals surface area contributed by atoms with E-state index in [1.807, 2.05) is 17.8 Å². The Hall–Kier alpha value is -3.33. The van der Waals surface area contributed by atoms with Gasteiger partial charge in [0, 0.05) is 35.9 Å². The summed E-state index contributed by atoms with van der Waals surface area (Å²) < 4.78 is 53.0. The Morgan fingerprint density at radius 2 is 1.88 bits per heavy atom. The van der Waals surface area contributed by atoms with Crippen LogP contribution in [0.4, 0.5) is 8.78 Å². The van der Waals surface area contributed by atoms with Crippen molar-refractivity contribution in [1.82, 2.24) is 29.7 Å². The number of halogens is 2. The molecule has 2 atom stereocenters. The maximum Gasteiger partial charge on any atom is 0.182 e. The van der Waals surface area contributed by atoms with Gasteiger partial charge in [-0.15, -0.1) is 0 Å². The van der Waals surface area contributed by atoms with E-state index in [9.17, 15) is 8.78 Å². The topological polar surface area (TPSA) is 78.6 Å². The van der Waals surface area contributed by atoms with Gasteiger partial charge >= 0.3 is 0 Å². The van der Waals surface area contributed by atoms with Crippen LogP contribution in [-0.4, -0.2) is 36.3 Å². The van der Waals surface area contributed by atoms with E-state index in [0.717, 1.165) is 24.5 Å². The first-order valence-corrected chi connectivity index (χ1v) is 11.4. The van der Waals surface area contributed by atoms with Crippen LogP contribution in [0.3, 0.4) is 0 Å². The van der Waals surface area contributed by atoms with Gasteiger partial charge in [0.05, 0.1) is 32.5 Å². The maximum absolute atomic E-state index is 14.9. The highest BCUT2D eigenvalue weighted by molar-refractivity contribution is 5.87. The summed E-state index contributed by atoms with van der Waals surface area (Å²) in [7, 11) is 0. The Kier molecular flexibility index (Phi) is 4.57. The average Bonchev–Trinajstić information content (AvgIpc) is 3.55. The van der Waals surface area contributed by atoms with E-state index in [1.54, 1.807) is 13.1 Å².